The molecule has 0 bridgehead atoms. The van der Waals surface area contributed by atoms with Gasteiger partial charge in [-0.15, -0.1) is 0 Å². The van der Waals surface area contributed by atoms with Crippen LogP contribution in [0, 0.1) is 0 Å². The molecule has 0 aromatic heterocycles. The summed E-state index contributed by atoms with van der Waals surface area (Å²) in [6, 6.07) is 13.6. The van der Waals surface area contributed by atoms with Crippen LogP contribution in [0.1, 0.15) is 30.6 Å². The third kappa shape index (κ3) is 7.21. The van der Waals surface area contributed by atoms with Crippen LogP contribution in [0.15, 0.2) is 48.5 Å². The summed E-state index contributed by atoms with van der Waals surface area (Å²) in [5.74, 6) is -0.0135. The molecule has 0 spiro atoms. The number of benzene rings is 2. The summed E-state index contributed by atoms with van der Waals surface area (Å²) in [5.41, 5.74) is 0.992. The Kier molecular flexibility index (Phi) is 8.78. The summed E-state index contributed by atoms with van der Waals surface area (Å²) in [6.45, 7) is 5.37. The van der Waals surface area contributed by atoms with E-state index in [-0.39, 0.29) is 11.8 Å². The van der Waals surface area contributed by atoms with Crippen molar-refractivity contribution >= 4 is 29.1 Å². The molecule has 0 aliphatic rings. The molecular formula is C21H25ClN2O4. The molecule has 2 aromatic rings. The maximum atomic E-state index is 12.4. The number of amides is 2. The van der Waals surface area contributed by atoms with Crippen LogP contribution in [0.3, 0.4) is 0 Å². The van der Waals surface area contributed by atoms with Crippen LogP contribution >= 0.6 is 11.6 Å². The van der Waals surface area contributed by atoms with Crippen molar-refractivity contribution in [2.75, 3.05) is 25.1 Å². The number of halogens is 1. The molecule has 2 aromatic carbocycles. The van der Waals surface area contributed by atoms with Gasteiger partial charge in [0, 0.05) is 36.0 Å². The molecule has 2 amide bonds. The Morgan fingerprint density at radius 1 is 1.14 bits per heavy atom. The fourth-order valence-electron chi connectivity index (χ4n) is 2.40. The van der Waals surface area contributed by atoms with Gasteiger partial charge in [-0.1, -0.05) is 23.7 Å². The zero-order chi connectivity index (χ0) is 20.4. The SMILES string of the molecule is CCOCCCNC(=O)c1cccc(NC(=O)C(C)Oc2cccc(Cl)c2)c1. The fourth-order valence-corrected chi connectivity index (χ4v) is 2.58. The highest BCUT2D eigenvalue weighted by Crippen LogP contribution is 2.19. The van der Waals surface area contributed by atoms with Gasteiger partial charge in [0.25, 0.3) is 11.8 Å². The highest BCUT2D eigenvalue weighted by molar-refractivity contribution is 6.30. The normalized spacial score (nSPS) is 11.5. The first-order valence-electron chi connectivity index (χ1n) is 9.18. The Morgan fingerprint density at radius 2 is 1.93 bits per heavy atom. The van der Waals surface area contributed by atoms with E-state index >= 15 is 0 Å². The molecule has 2 N–H and O–H groups in total. The Morgan fingerprint density at radius 3 is 2.68 bits per heavy atom. The van der Waals surface area contributed by atoms with Gasteiger partial charge in [0.15, 0.2) is 6.10 Å². The van der Waals surface area contributed by atoms with Crippen LogP contribution in [-0.4, -0.2) is 37.7 Å². The highest BCUT2D eigenvalue weighted by Gasteiger charge is 2.16. The Hall–Kier alpha value is -2.57. The van der Waals surface area contributed by atoms with Gasteiger partial charge in [-0.2, -0.15) is 0 Å². The molecule has 7 heteroatoms. The number of anilines is 1. The number of hydrogen-bond acceptors (Lipinski definition) is 4. The molecule has 0 aliphatic heterocycles. The predicted molar refractivity (Wildman–Crippen MR) is 110 cm³/mol. The molecule has 1 unspecified atom stereocenters. The lowest BCUT2D eigenvalue weighted by molar-refractivity contribution is -0.122. The molecule has 28 heavy (non-hydrogen) atoms. The first kappa shape index (κ1) is 21.7. The average molecular weight is 405 g/mol. The lowest BCUT2D eigenvalue weighted by atomic mass is 10.2. The molecule has 0 fully saturated rings. The third-order valence-electron chi connectivity index (χ3n) is 3.83. The van der Waals surface area contributed by atoms with E-state index in [9.17, 15) is 9.59 Å². The molecule has 0 aliphatic carbocycles. The molecule has 0 saturated carbocycles. The topological polar surface area (TPSA) is 76.7 Å². The number of hydrogen-bond donors (Lipinski definition) is 2. The van der Waals surface area contributed by atoms with E-state index in [1.165, 1.54) is 0 Å². The summed E-state index contributed by atoms with van der Waals surface area (Å²) in [6.07, 6.45) is 0.0171. The maximum absolute atomic E-state index is 12.4. The maximum Gasteiger partial charge on any atom is 0.265 e. The van der Waals surface area contributed by atoms with Crippen LogP contribution in [0.25, 0.3) is 0 Å². The van der Waals surface area contributed by atoms with E-state index < -0.39 is 6.10 Å². The number of carbonyl (C=O) groups is 2. The lowest BCUT2D eigenvalue weighted by Gasteiger charge is -2.15. The van der Waals surface area contributed by atoms with Crippen molar-refractivity contribution in [1.82, 2.24) is 5.32 Å². The van der Waals surface area contributed by atoms with Crippen molar-refractivity contribution in [3.63, 3.8) is 0 Å². The van der Waals surface area contributed by atoms with Crippen molar-refractivity contribution in [1.29, 1.82) is 0 Å². The Bertz CT molecular complexity index is 797. The number of carbonyl (C=O) groups excluding carboxylic acids is 2. The van der Waals surface area contributed by atoms with Gasteiger partial charge in [-0.25, -0.2) is 0 Å². The van der Waals surface area contributed by atoms with Gasteiger partial charge in [0.2, 0.25) is 0 Å². The molecule has 0 heterocycles. The molecule has 150 valence electrons. The monoisotopic (exact) mass is 404 g/mol. The van der Waals surface area contributed by atoms with Crippen LogP contribution < -0.4 is 15.4 Å². The largest absolute Gasteiger partial charge is 0.481 e. The smallest absolute Gasteiger partial charge is 0.265 e. The van der Waals surface area contributed by atoms with Crippen molar-refractivity contribution in [3.05, 3.63) is 59.1 Å². The minimum absolute atomic E-state index is 0.198. The zero-order valence-electron chi connectivity index (χ0n) is 16.0. The molecule has 2 rings (SSSR count). The van der Waals surface area contributed by atoms with Crippen LogP contribution in [0.5, 0.6) is 5.75 Å². The van der Waals surface area contributed by atoms with Crippen molar-refractivity contribution < 1.29 is 19.1 Å². The van der Waals surface area contributed by atoms with Gasteiger partial charge >= 0.3 is 0 Å². The lowest BCUT2D eigenvalue weighted by Crippen LogP contribution is -2.30. The molecule has 0 radical (unpaired) electrons. The van der Waals surface area contributed by atoms with E-state index in [1.54, 1.807) is 55.5 Å². The van der Waals surface area contributed by atoms with E-state index in [4.69, 9.17) is 21.1 Å². The van der Waals surface area contributed by atoms with Crippen molar-refractivity contribution in [2.45, 2.75) is 26.4 Å². The summed E-state index contributed by atoms with van der Waals surface area (Å²) in [7, 11) is 0. The molecule has 1 atom stereocenters. The van der Waals surface area contributed by atoms with E-state index in [1.807, 2.05) is 6.92 Å². The van der Waals surface area contributed by atoms with Crippen LogP contribution in [0.2, 0.25) is 5.02 Å². The Balaban J connectivity index is 1.88. The highest BCUT2D eigenvalue weighted by atomic mass is 35.5. The van der Waals surface area contributed by atoms with Gasteiger partial charge in [-0.05, 0) is 56.7 Å². The minimum atomic E-state index is -0.727. The summed E-state index contributed by atoms with van der Waals surface area (Å²) >= 11 is 5.92. The quantitative estimate of drug-likeness (QED) is 0.589. The van der Waals surface area contributed by atoms with E-state index in [0.29, 0.717) is 41.8 Å². The number of rotatable bonds is 10. The predicted octanol–water partition coefficient (Wildman–Crippen LogP) is 3.90. The molecular weight excluding hydrogens is 380 g/mol. The first-order valence-corrected chi connectivity index (χ1v) is 9.56. The number of ether oxygens (including phenoxy) is 2. The first-order chi connectivity index (χ1) is 13.5. The van der Waals surface area contributed by atoms with Crippen LogP contribution in [-0.2, 0) is 9.53 Å². The Labute approximate surface area is 170 Å². The fraction of sp³-hybridized carbons (Fsp3) is 0.333. The standard InChI is InChI=1S/C21H25ClN2O4/c1-3-27-12-6-11-23-21(26)16-7-4-9-18(13-16)24-20(25)15(2)28-19-10-5-8-17(22)14-19/h4-5,7-10,13-15H,3,6,11-12H2,1-2H3,(H,23,26)(H,24,25). The average Bonchev–Trinajstić information content (AvgIpc) is 2.68. The molecule has 6 nitrogen and oxygen atoms in total. The summed E-state index contributed by atoms with van der Waals surface area (Å²) in [5, 5.41) is 6.12. The van der Waals surface area contributed by atoms with Gasteiger partial charge in [-0.3, -0.25) is 9.59 Å². The third-order valence-corrected chi connectivity index (χ3v) is 4.06. The van der Waals surface area contributed by atoms with E-state index in [2.05, 4.69) is 10.6 Å². The summed E-state index contributed by atoms with van der Waals surface area (Å²) < 4.78 is 10.8. The van der Waals surface area contributed by atoms with Crippen LogP contribution in [0.4, 0.5) is 5.69 Å². The second kappa shape index (κ2) is 11.3. The second-order valence-electron chi connectivity index (χ2n) is 6.09. The zero-order valence-corrected chi connectivity index (χ0v) is 16.8. The number of nitrogens with one attached hydrogen (secondary N) is 2. The van der Waals surface area contributed by atoms with Gasteiger partial charge in [0.1, 0.15) is 5.75 Å². The van der Waals surface area contributed by atoms with E-state index in [0.717, 1.165) is 6.42 Å². The van der Waals surface area contributed by atoms with Gasteiger partial charge < -0.3 is 20.1 Å². The van der Waals surface area contributed by atoms with Crippen molar-refractivity contribution in [3.8, 4) is 5.75 Å². The summed E-state index contributed by atoms with van der Waals surface area (Å²) in [4.78, 5) is 24.6. The molecule has 0 saturated heterocycles. The second-order valence-corrected chi connectivity index (χ2v) is 6.53. The minimum Gasteiger partial charge on any atom is -0.481 e. The van der Waals surface area contributed by atoms with Gasteiger partial charge in [0.05, 0.1) is 0 Å². The van der Waals surface area contributed by atoms with Crippen molar-refractivity contribution in [2.24, 2.45) is 0 Å².